The number of rotatable bonds is 5. The number of amides is 2. The fourth-order valence-electron chi connectivity index (χ4n) is 2.69. The Labute approximate surface area is 124 Å². The summed E-state index contributed by atoms with van der Waals surface area (Å²) in [5, 5.41) is 14.9. The van der Waals surface area contributed by atoms with Gasteiger partial charge in [0.05, 0.1) is 5.41 Å². The first-order chi connectivity index (χ1) is 10.1. The van der Waals surface area contributed by atoms with Crippen molar-refractivity contribution in [3.8, 4) is 0 Å². The topological polar surface area (TPSA) is 91.3 Å². The largest absolute Gasteiger partial charge is 0.481 e. The third kappa shape index (κ3) is 4.18. The molecule has 114 valence electrons. The molecular formula is C15H21N3O3. The van der Waals surface area contributed by atoms with E-state index in [9.17, 15) is 14.7 Å². The van der Waals surface area contributed by atoms with Gasteiger partial charge in [-0.2, -0.15) is 0 Å². The van der Waals surface area contributed by atoms with E-state index in [1.807, 2.05) is 12.1 Å². The second-order valence-electron chi connectivity index (χ2n) is 5.54. The molecule has 1 aliphatic rings. The zero-order chi connectivity index (χ0) is 15.1. The highest BCUT2D eigenvalue weighted by molar-refractivity contribution is 5.78. The highest BCUT2D eigenvalue weighted by Crippen LogP contribution is 2.35. The van der Waals surface area contributed by atoms with Gasteiger partial charge in [-0.15, -0.1) is 0 Å². The van der Waals surface area contributed by atoms with E-state index in [-0.39, 0.29) is 12.6 Å². The summed E-state index contributed by atoms with van der Waals surface area (Å²) in [5.41, 5.74) is 0.150. The van der Waals surface area contributed by atoms with Crippen LogP contribution in [0.5, 0.6) is 0 Å². The monoisotopic (exact) mass is 291 g/mol. The van der Waals surface area contributed by atoms with Crippen molar-refractivity contribution >= 4 is 12.0 Å². The predicted octanol–water partition coefficient (Wildman–Crippen LogP) is 1.92. The van der Waals surface area contributed by atoms with Crippen LogP contribution >= 0.6 is 0 Å². The molecule has 1 aromatic rings. The fourth-order valence-corrected chi connectivity index (χ4v) is 2.69. The van der Waals surface area contributed by atoms with Crippen molar-refractivity contribution < 1.29 is 14.7 Å². The first kappa shape index (κ1) is 15.3. The number of carboxylic acid groups (broad SMARTS) is 1. The van der Waals surface area contributed by atoms with E-state index < -0.39 is 11.4 Å². The normalized spacial score (nSPS) is 17.0. The third-order valence-corrected chi connectivity index (χ3v) is 4.05. The molecule has 1 aliphatic carbocycles. The molecule has 0 unspecified atom stereocenters. The van der Waals surface area contributed by atoms with Gasteiger partial charge >= 0.3 is 12.0 Å². The van der Waals surface area contributed by atoms with Crippen LogP contribution in [0.15, 0.2) is 24.5 Å². The van der Waals surface area contributed by atoms with Gasteiger partial charge in [0, 0.05) is 25.5 Å². The molecule has 2 rings (SSSR count). The summed E-state index contributed by atoms with van der Waals surface area (Å²) >= 11 is 0. The predicted molar refractivity (Wildman–Crippen MR) is 77.6 cm³/mol. The van der Waals surface area contributed by atoms with Crippen LogP contribution in [0.2, 0.25) is 0 Å². The number of aromatic nitrogens is 1. The summed E-state index contributed by atoms with van der Waals surface area (Å²) < 4.78 is 0. The van der Waals surface area contributed by atoms with Crippen molar-refractivity contribution in [2.24, 2.45) is 5.41 Å². The molecule has 6 nitrogen and oxygen atoms in total. The first-order valence-electron chi connectivity index (χ1n) is 7.26. The Morgan fingerprint density at radius 3 is 2.43 bits per heavy atom. The van der Waals surface area contributed by atoms with E-state index in [4.69, 9.17) is 0 Å². The van der Waals surface area contributed by atoms with Crippen molar-refractivity contribution in [3.05, 3.63) is 30.1 Å². The van der Waals surface area contributed by atoms with Gasteiger partial charge in [-0.3, -0.25) is 9.78 Å². The average Bonchev–Trinajstić information content (AvgIpc) is 2.52. The molecule has 2 amide bonds. The zero-order valence-electron chi connectivity index (χ0n) is 12.0. The van der Waals surface area contributed by atoms with E-state index in [2.05, 4.69) is 15.6 Å². The first-order valence-corrected chi connectivity index (χ1v) is 7.26. The summed E-state index contributed by atoms with van der Waals surface area (Å²) in [6, 6.07) is 3.30. The van der Waals surface area contributed by atoms with Crippen molar-refractivity contribution in [2.45, 2.75) is 38.6 Å². The van der Waals surface area contributed by atoms with Crippen LogP contribution in [0.1, 0.15) is 37.7 Å². The minimum Gasteiger partial charge on any atom is -0.481 e. The van der Waals surface area contributed by atoms with Crippen LogP contribution in [0.3, 0.4) is 0 Å². The smallest absolute Gasteiger partial charge is 0.315 e. The average molecular weight is 291 g/mol. The SMILES string of the molecule is O=C(NCc1ccncc1)NCC1(C(=O)O)CCCCC1. The number of carboxylic acids is 1. The van der Waals surface area contributed by atoms with Crippen molar-refractivity contribution in [1.29, 1.82) is 0 Å². The number of carbonyl (C=O) groups is 2. The molecule has 0 radical (unpaired) electrons. The molecular weight excluding hydrogens is 270 g/mol. The van der Waals surface area contributed by atoms with Crippen molar-refractivity contribution in [1.82, 2.24) is 15.6 Å². The molecule has 0 spiro atoms. The standard InChI is InChI=1S/C15H21N3O3/c19-13(20)15(6-2-1-3-7-15)11-18-14(21)17-10-12-4-8-16-9-5-12/h4-5,8-9H,1-3,6-7,10-11H2,(H,19,20)(H2,17,18,21). The van der Waals surface area contributed by atoms with Gasteiger partial charge in [-0.25, -0.2) is 4.79 Å². The Morgan fingerprint density at radius 2 is 1.81 bits per heavy atom. The van der Waals surface area contributed by atoms with E-state index >= 15 is 0 Å². The Kier molecular flexibility index (Phi) is 5.14. The summed E-state index contributed by atoms with van der Waals surface area (Å²) in [4.78, 5) is 27.2. The van der Waals surface area contributed by atoms with Crippen LogP contribution in [0.4, 0.5) is 4.79 Å². The zero-order valence-corrected chi connectivity index (χ0v) is 12.0. The van der Waals surface area contributed by atoms with Crippen LogP contribution in [-0.4, -0.2) is 28.6 Å². The lowest BCUT2D eigenvalue weighted by molar-refractivity contribution is -0.150. The van der Waals surface area contributed by atoms with Gasteiger partial charge < -0.3 is 15.7 Å². The molecule has 1 fully saturated rings. The lowest BCUT2D eigenvalue weighted by Gasteiger charge is -2.33. The molecule has 0 aromatic carbocycles. The van der Waals surface area contributed by atoms with Gasteiger partial charge in [-0.05, 0) is 30.5 Å². The molecule has 21 heavy (non-hydrogen) atoms. The van der Waals surface area contributed by atoms with E-state index in [0.717, 1.165) is 24.8 Å². The Balaban J connectivity index is 1.80. The second-order valence-corrected chi connectivity index (χ2v) is 5.54. The number of hydrogen-bond acceptors (Lipinski definition) is 3. The van der Waals surface area contributed by atoms with Crippen LogP contribution in [-0.2, 0) is 11.3 Å². The maximum Gasteiger partial charge on any atom is 0.315 e. The van der Waals surface area contributed by atoms with E-state index in [0.29, 0.717) is 19.4 Å². The van der Waals surface area contributed by atoms with Gasteiger partial charge in [0.2, 0.25) is 0 Å². The minimum absolute atomic E-state index is 0.185. The summed E-state index contributed by atoms with van der Waals surface area (Å²) in [6.45, 7) is 0.582. The van der Waals surface area contributed by atoms with E-state index in [1.54, 1.807) is 12.4 Å². The number of aliphatic carboxylic acids is 1. The summed E-state index contributed by atoms with van der Waals surface area (Å²) in [6.07, 6.45) is 7.48. The number of nitrogens with one attached hydrogen (secondary N) is 2. The molecule has 0 atom stereocenters. The highest BCUT2D eigenvalue weighted by Gasteiger charge is 2.39. The Bertz CT molecular complexity index is 484. The molecule has 6 heteroatoms. The van der Waals surface area contributed by atoms with Crippen molar-refractivity contribution in [3.63, 3.8) is 0 Å². The van der Waals surface area contributed by atoms with Crippen LogP contribution in [0, 0.1) is 5.41 Å². The quantitative estimate of drug-likeness (QED) is 0.773. The maximum atomic E-state index is 11.8. The summed E-state index contributed by atoms with van der Waals surface area (Å²) in [5.74, 6) is -0.809. The molecule has 1 heterocycles. The number of nitrogens with zero attached hydrogens (tertiary/aromatic N) is 1. The van der Waals surface area contributed by atoms with Crippen molar-refractivity contribution in [2.75, 3.05) is 6.54 Å². The summed E-state index contributed by atoms with van der Waals surface area (Å²) in [7, 11) is 0. The van der Waals surface area contributed by atoms with E-state index in [1.165, 1.54) is 0 Å². The highest BCUT2D eigenvalue weighted by atomic mass is 16.4. The fraction of sp³-hybridized carbons (Fsp3) is 0.533. The van der Waals surface area contributed by atoms with Crippen LogP contribution in [0.25, 0.3) is 0 Å². The van der Waals surface area contributed by atoms with Gasteiger partial charge in [0.1, 0.15) is 0 Å². The molecule has 0 bridgehead atoms. The van der Waals surface area contributed by atoms with Gasteiger partial charge in [-0.1, -0.05) is 19.3 Å². The lowest BCUT2D eigenvalue weighted by Crippen LogP contribution is -2.47. The molecule has 1 aromatic heterocycles. The molecule has 0 saturated heterocycles. The molecule has 1 saturated carbocycles. The van der Waals surface area contributed by atoms with Crippen LogP contribution < -0.4 is 10.6 Å². The third-order valence-electron chi connectivity index (χ3n) is 4.05. The molecule has 0 aliphatic heterocycles. The second kappa shape index (κ2) is 7.06. The van der Waals surface area contributed by atoms with Gasteiger partial charge in [0.25, 0.3) is 0 Å². The number of carbonyl (C=O) groups excluding carboxylic acids is 1. The molecule has 3 N–H and O–H groups in total. The number of hydrogen-bond donors (Lipinski definition) is 3. The van der Waals surface area contributed by atoms with Gasteiger partial charge in [0.15, 0.2) is 0 Å². The Morgan fingerprint density at radius 1 is 1.14 bits per heavy atom. The number of urea groups is 1. The minimum atomic E-state index is -0.809. The maximum absolute atomic E-state index is 11.8. The lowest BCUT2D eigenvalue weighted by atomic mass is 9.74. The number of pyridine rings is 1. The Hall–Kier alpha value is -2.11.